The minimum atomic E-state index is 0.197. The molecule has 2 rings (SSSR count). The lowest BCUT2D eigenvalue weighted by atomic mass is 10.0. The zero-order valence-electron chi connectivity index (χ0n) is 11.4. The Kier molecular flexibility index (Phi) is 5.06. The van der Waals surface area contributed by atoms with Crippen LogP contribution in [0.3, 0.4) is 0 Å². The smallest absolute Gasteiger partial charge is 0.120 e. The maximum atomic E-state index is 5.94. The maximum absolute atomic E-state index is 5.94. The fourth-order valence-electron chi connectivity index (χ4n) is 2.25. The van der Waals surface area contributed by atoms with Crippen LogP contribution in [0.1, 0.15) is 50.1 Å². The molecule has 2 atom stereocenters. The van der Waals surface area contributed by atoms with Crippen molar-refractivity contribution in [2.45, 2.75) is 38.8 Å². The first-order valence-corrected chi connectivity index (χ1v) is 7.13. The summed E-state index contributed by atoms with van der Waals surface area (Å²) in [7, 11) is 0. The normalized spacial score (nSPS) is 14.3. The van der Waals surface area contributed by atoms with E-state index >= 15 is 0 Å². The molecule has 3 heteroatoms. The van der Waals surface area contributed by atoms with Crippen molar-refractivity contribution in [2.75, 3.05) is 0 Å². The van der Waals surface area contributed by atoms with Gasteiger partial charge in [-0.3, -0.25) is 0 Å². The van der Waals surface area contributed by atoms with Gasteiger partial charge in [-0.05, 0) is 43.2 Å². The molecule has 2 aromatic rings. The second kappa shape index (κ2) is 6.78. The summed E-state index contributed by atoms with van der Waals surface area (Å²) in [6.07, 6.45) is 3.93. The van der Waals surface area contributed by atoms with Gasteiger partial charge < -0.3 is 9.73 Å². The van der Waals surface area contributed by atoms with E-state index in [1.54, 1.807) is 6.26 Å². The molecule has 0 amide bonds. The first kappa shape index (κ1) is 14.2. The summed E-state index contributed by atoms with van der Waals surface area (Å²) >= 11 is 5.94. The first-order valence-electron chi connectivity index (χ1n) is 6.75. The molecule has 1 heterocycles. The Morgan fingerprint density at radius 3 is 2.53 bits per heavy atom. The average Bonchev–Trinajstić information content (AvgIpc) is 2.93. The van der Waals surface area contributed by atoms with Crippen molar-refractivity contribution >= 4 is 11.6 Å². The highest BCUT2D eigenvalue weighted by molar-refractivity contribution is 6.30. The van der Waals surface area contributed by atoms with Crippen molar-refractivity contribution < 1.29 is 4.42 Å². The number of rotatable bonds is 6. The molecule has 19 heavy (non-hydrogen) atoms. The summed E-state index contributed by atoms with van der Waals surface area (Å²) in [5, 5.41) is 4.40. The van der Waals surface area contributed by atoms with Gasteiger partial charge in [-0.15, -0.1) is 0 Å². The lowest BCUT2D eigenvalue weighted by Gasteiger charge is -2.22. The lowest BCUT2D eigenvalue weighted by molar-refractivity contribution is 0.379. The monoisotopic (exact) mass is 277 g/mol. The molecular weight excluding hydrogens is 258 g/mol. The van der Waals surface area contributed by atoms with E-state index in [1.165, 1.54) is 5.56 Å². The maximum Gasteiger partial charge on any atom is 0.120 e. The number of furan rings is 1. The van der Waals surface area contributed by atoms with Gasteiger partial charge in [0.15, 0.2) is 0 Å². The van der Waals surface area contributed by atoms with Crippen molar-refractivity contribution in [2.24, 2.45) is 0 Å². The van der Waals surface area contributed by atoms with E-state index in [0.717, 1.165) is 23.6 Å². The summed E-state index contributed by atoms with van der Waals surface area (Å²) in [4.78, 5) is 0. The van der Waals surface area contributed by atoms with Crippen molar-refractivity contribution in [1.29, 1.82) is 0 Å². The van der Waals surface area contributed by atoms with Crippen LogP contribution in [-0.2, 0) is 0 Å². The van der Waals surface area contributed by atoms with E-state index in [0.29, 0.717) is 6.04 Å². The Hall–Kier alpha value is -1.25. The second-order valence-corrected chi connectivity index (χ2v) is 5.23. The molecule has 1 aromatic heterocycles. The molecule has 1 unspecified atom stereocenters. The molecule has 102 valence electrons. The predicted molar refractivity (Wildman–Crippen MR) is 79.4 cm³/mol. The number of hydrogen-bond acceptors (Lipinski definition) is 2. The molecule has 0 fully saturated rings. The third kappa shape index (κ3) is 3.85. The van der Waals surface area contributed by atoms with E-state index < -0.39 is 0 Å². The number of nitrogens with one attached hydrogen (secondary N) is 1. The Morgan fingerprint density at radius 1 is 1.21 bits per heavy atom. The van der Waals surface area contributed by atoms with E-state index in [1.807, 2.05) is 24.3 Å². The van der Waals surface area contributed by atoms with Crippen LogP contribution in [0, 0.1) is 0 Å². The van der Waals surface area contributed by atoms with Crippen LogP contribution >= 0.6 is 11.6 Å². The van der Waals surface area contributed by atoms with Crippen LogP contribution < -0.4 is 5.32 Å². The fourth-order valence-corrected chi connectivity index (χ4v) is 2.38. The highest BCUT2D eigenvalue weighted by atomic mass is 35.5. The molecule has 0 spiro atoms. The van der Waals surface area contributed by atoms with E-state index in [9.17, 15) is 0 Å². The molecule has 0 radical (unpaired) electrons. The minimum Gasteiger partial charge on any atom is -0.468 e. The molecule has 0 saturated carbocycles. The summed E-state index contributed by atoms with van der Waals surface area (Å²) in [6, 6.07) is 12.5. The molecule has 1 N–H and O–H groups in total. The molecule has 0 aliphatic carbocycles. The zero-order chi connectivity index (χ0) is 13.7. The molecule has 1 aromatic carbocycles. The topological polar surface area (TPSA) is 25.2 Å². The zero-order valence-corrected chi connectivity index (χ0v) is 12.2. The Bertz CT molecular complexity index is 478. The van der Waals surface area contributed by atoms with Gasteiger partial charge >= 0.3 is 0 Å². The molecule has 0 aliphatic heterocycles. The van der Waals surface area contributed by atoms with Crippen molar-refractivity contribution in [3.63, 3.8) is 0 Å². The van der Waals surface area contributed by atoms with Gasteiger partial charge in [0.1, 0.15) is 5.76 Å². The van der Waals surface area contributed by atoms with Gasteiger partial charge in [-0.25, -0.2) is 0 Å². The van der Waals surface area contributed by atoms with E-state index in [4.69, 9.17) is 16.0 Å². The third-order valence-electron chi connectivity index (χ3n) is 3.27. The van der Waals surface area contributed by atoms with Gasteiger partial charge in [0.25, 0.3) is 0 Å². The van der Waals surface area contributed by atoms with Gasteiger partial charge in [0, 0.05) is 11.1 Å². The van der Waals surface area contributed by atoms with E-state index in [-0.39, 0.29) is 6.04 Å². The molecular formula is C16H20ClNO. The summed E-state index contributed by atoms with van der Waals surface area (Å²) < 4.78 is 5.45. The lowest BCUT2D eigenvalue weighted by Crippen LogP contribution is -2.24. The largest absolute Gasteiger partial charge is 0.468 e. The van der Waals surface area contributed by atoms with Crippen LogP contribution in [0.5, 0.6) is 0 Å². The quantitative estimate of drug-likeness (QED) is 0.792. The standard InChI is InChI=1S/C16H20ClNO/c1-3-5-15(13-7-9-14(17)10-8-13)18-12(2)16-6-4-11-19-16/h4,6-12,15,18H,3,5H2,1-2H3/t12-,15?/m0/s1. The second-order valence-electron chi connectivity index (χ2n) is 4.80. The van der Waals surface area contributed by atoms with Gasteiger partial charge in [-0.2, -0.15) is 0 Å². The van der Waals surface area contributed by atoms with Crippen molar-refractivity contribution in [3.8, 4) is 0 Å². The van der Waals surface area contributed by atoms with Crippen LogP contribution in [0.4, 0.5) is 0 Å². The van der Waals surface area contributed by atoms with Gasteiger partial charge in [0.05, 0.1) is 12.3 Å². The Labute approximate surface area is 119 Å². The van der Waals surface area contributed by atoms with Gasteiger partial charge in [0.2, 0.25) is 0 Å². The van der Waals surface area contributed by atoms with Crippen LogP contribution in [-0.4, -0.2) is 0 Å². The van der Waals surface area contributed by atoms with Crippen molar-refractivity contribution in [3.05, 3.63) is 59.0 Å². The SMILES string of the molecule is CCCC(N[C@@H](C)c1ccco1)c1ccc(Cl)cc1. The average molecular weight is 278 g/mol. The van der Waals surface area contributed by atoms with Crippen molar-refractivity contribution in [1.82, 2.24) is 5.32 Å². The predicted octanol–water partition coefficient (Wildman–Crippen LogP) is 5.13. The Balaban J connectivity index is 2.09. The molecule has 0 bridgehead atoms. The van der Waals surface area contributed by atoms with Gasteiger partial charge in [-0.1, -0.05) is 37.1 Å². The van der Waals surface area contributed by atoms with Crippen LogP contribution in [0.2, 0.25) is 5.02 Å². The molecule has 0 aliphatic rings. The summed E-state index contributed by atoms with van der Waals surface area (Å²) in [6.45, 7) is 4.32. The first-order chi connectivity index (χ1) is 9.20. The van der Waals surface area contributed by atoms with Crippen LogP contribution in [0.25, 0.3) is 0 Å². The minimum absolute atomic E-state index is 0.197. The number of benzene rings is 1. The third-order valence-corrected chi connectivity index (χ3v) is 3.52. The molecule has 0 saturated heterocycles. The fraction of sp³-hybridized carbons (Fsp3) is 0.375. The highest BCUT2D eigenvalue weighted by Crippen LogP contribution is 2.24. The summed E-state index contributed by atoms with van der Waals surface area (Å²) in [5.41, 5.74) is 1.27. The van der Waals surface area contributed by atoms with E-state index in [2.05, 4.69) is 31.3 Å². The number of halogens is 1. The number of hydrogen-bond donors (Lipinski definition) is 1. The summed E-state index contributed by atoms with van der Waals surface area (Å²) in [5.74, 6) is 0.968. The van der Waals surface area contributed by atoms with Crippen LogP contribution in [0.15, 0.2) is 47.1 Å². The highest BCUT2D eigenvalue weighted by Gasteiger charge is 2.16. The Morgan fingerprint density at radius 2 is 1.95 bits per heavy atom. The molecule has 2 nitrogen and oxygen atoms in total.